The van der Waals surface area contributed by atoms with Crippen molar-refractivity contribution in [3.8, 4) is 0 Å². The van der Waals surface area contributed by atoms with Crippen molar-refractivity contribution in [1.82, 2.24) is 0 Å². The van der Waals surface area contributed by atoms with Crippen LogP contribution in [0.1, 0.15) is 278 Å². The van der Waals surface area contributed by atoms with Crippen LogP contribution >= 0.6 is 0 Å². The fourth-order valence-electron chi connectivity index (χ4n) is 8.23. The summed E-state index contributed by atoms with van der Waals surface area (Å²) in [5, 5.41) is 0. The average molecular weight is 677 g/mol. The Bertz CT molecular complexity index is 491. The molecule has 0 aromatic carbocycles. The van der Waals surface area contributed by atoms with Crippen LogP contribution in [0.2, 0.25) is 0 Å². The van der Waals surface area contributed by atoms with Crippen molar-refractivity contribution in [3.63, 3.8) is 0 Å². The first kappa shape index (κ1) is 48.0. The Morgan fingerprint density at radius 1 is 0.167 bits per heavy atom. The molecule has 1 nitrogen and oxygen atoms in total. The van der Waals surface area contributed by atoms with Crippen LogP contribution in [-0.2, 0) is 0 Å². The lowest BCUT2D eigenvalue weighted by molar-refractivity contribution is -0.929. The highest BCUT2D eigenvalue weighted by Crippen LogP contribution is 2.22. The predicted molar refractivity (Wildman–Crippen MR) is 222 cm³/mol. The summed E-state index contributed by atoms with van der Waals surface area (Å²) in [6.07, 6.45) is 57.2. The van der Waals surface area contributed by atoms with Crippen molar-refractivity contribution in [3.05, 3.63) is 0 Å². The van der Waals surface area contributed by atoms with Gasteiger partial charge in [-0.2, -0.15) is 0 Å². The molecule has 0 aliphatic carbocycles. The van der Waals surface area contributed by atoms with E-state index >= 15 is 0 Å². The van der Waals surface area contributed by atoms with E-state index in [1.54, 1.807) is 0 Å². The molecule has 0 aliphatic rings. The maximum absolute atomic E-state index is 2.36. The monoisotopic (exact) mass is 677 g/mol. The van der Waals surface area contributed by atoms with E-state index in [2.05, 4.69) is 27.7 Å². The minimum Gasteiger partial charge on any atom is -0.324 e. The van der Waals surface area contributed by atoms with Crippen LogP contribution in [0.4, 0.5) is 0 Å². The Balaban J connectivity index is 4.76. The molecule has 0 atom stereocenters. The van der Waals surface area contributed by atoms with E-state index in [0.29, 0.717) is 0 Å². The van der Waals surface area contributed by atoms with E-state index in [0.717, 1.165) is 0 Å². The molecule has 290 valence electrons. The van der Waals surface area contributed by atoms with Gasteiger partial charge in [0.05, 0.1) is 26.2 Å². The summed E-state index contributed by atoms with van der Waals surface area (Å²) in [7, 11) is 0. The van der Waals surface area contributed by atoms with Gasteiger partial charge in [-0.05, 0) is 51.4 Å². The van der Waals surface area contributed by atoms with Gasteiger partial charge in [0.15, 0.2) is 0 Å². The van der Waals surface area contributed by atoms with Crippen LogP contribution in [-0.4, -0.2) is 30.7 Å². The molecule has 0 radical (unpaired) electrons. The van der Waals surface area contributed by atoms with E-state index < -0.39 is 0 Å². The molecular weight excluding hydrogens is 579 g/mol. The molecule has 1 heteroatoms. The van der Waals surface area contributed by atoms with Gasteiger partial charge in [0, 0.05) is 0 Å². The molecule has 48 heavy (non-hydrogen) atoms. The Morgan fingerprint density at radius 3 is 0.438 bits per heavy atom. The van der Waals surface area contributed by atoms with Crippen LogP contribution in [0.5, 0.6) is 0 Å². The van der Waals surface area contributed by atoms with Crippen molar-refractivity contribution in [1.29, 1.82) is 0 Å². The largest absolute Gasteiger partial charge is 0.324 e. The number of quaternary nitrogens is 1. The molecule has 0 amide bonds. The fraction of sp³-hybridized carbons (Fsp3) is 1.00. The molecule has 0 saturated heterocycles. The molecule has 0 N–H and O–H groups in total. The molecule has 0 unspecified atom stereocenters. The molecule has 0 aliphatic heterocycles. The minimum atomic E-state index is 1.37. The van der Waals surface area contributed by atoms with Crippen LogP contribution < -0.4 is 0 Å². The van der Waals surface area contributed by atoms with Gasteiger partial charge in [-0.3, -0.25) is 0 Å². The van der Waals surface area contributed by atoms with E-state index in [9.17, 15) is 0 Å². The molecule has 0 bridgehead atoms. The summed E-state index contributed by atoms with van der Waals surface area (Å²) in [4.78, 5) is 0. The Hall–Kier alpha value is -0.0400. The van der Waals surface area contributed by atoms with Crippen LogP contribution in [0.25, 0.3) is 0 Å². The fourth-order valence-corrected chi connectivity index (χ4v) is 8.23. The second-order valence-electron chi connectivity index (χ2n) is 16.6. The summed E-state index contributed by atoms with van der Waals surface area (Å²) in [6.45, 7) is 15.3. The highest BCUT2D eigenvalue weighted by Gasteiger charge is 2.25. The maximum Gasteiger partial charge on any atom is 0.0786 e. The number of hydrogen-bond acceptors (Lipinski definition) is 0. The Kier molecular flexibility index (Phi) is 41.3. The lowest BCUT2D eigenvalue weighted by atomic mass is 10.0. The highest BCUT2D eigenvalue weighted by molar-refractivity contribution is 4.56. The molecule has 0 heterocycles. The second kappa shape index (κ2) is 41.4. The van der Waals surface area contributed by atoms with Crippen LogP contribution in [0.3, 0.4) is 0 Å². The molecular formula is C47H98N+. The summed E-state index contributed by atoms with van der Waals surface area (Å²) in [5.74, 6) is 0. The molecule has 0 aromatic rings. The van der Waals surface area contributed by atoms with Gasteiger partial charge < -0.3 is 4.48 Å². The van der Waals surface area contributed by atoms with Crippen molar-refractivity contribution in [2.24, 2.45) is 0 Å². The molecule has 0 saturated carbocycles. The lowest BCUT2D eigenvalue weighted by Crippen LogP contribution is -2.50. The zero-order chi connectivity index (χ0) is 34.9. The highest BCUT2D eigenvalue weighted by atomic mass is 15.3. The second-order valence-corrected chi connectivity index (χ2v) is 16.6. The van der Waals surface area contributed by atoms with Gasteiger partial charge in [0.25, 0.3) is 0 Å². The third-order valence-corrected chi connectivity index (χ3v) is 11.7. The van der Waals surface area contributed by atoms with E-state index in [-0.39, 0.29) is 0 Å². The van der Waals surface area contributed by atoms with Gasteiger partial charge >= 0.3 is 0 Å². The van der Waals surface area contributed by atoms with Gasteiger partial charge in [-0.1, -0.05) is 227 Å². The predicted octanol–water partition coefficient (Wildman–Crippen LogP) is 17.1. The number of nitrogens with zero attached hydrogens (tertiary/aromatic N) is 1. The maximum atomic E-state index is 2.36. The molecule has 0 rings (SSSR count). The minimum absolute atomic E-state index is 1.37. The summed E-state index contributed by atoms with van der Waals surface area (Å²) < 4.78 is 1.49. The first-order valence-electron chi connectivity index (χ1n) is 23.6. The molecule has 0 aromatic heterocycles. The molecule has 0 spiro atoms. The average Bonchev–Trinajstić information content (AvgIpc) is 3.10. The van der Waals surface area contributed by atoms with Crippen LogP contribution in [0.15, 0.2) is 0 Å². The number of hydrogen-bond donors (Lipinski definition) is 0. The van der Waals surface area contributed by atoms with E-state index in [4.69, 9.17) is 0 Å². The van der Waals surface area contributed by atoms with Crippen molar-refractivity contribution >= 4 is 0 Å². The zero-order valence-corrected chi connectivity index (χ0v) is 34.9. The van der Waals surface area contributed by atoms with Crippen molar-refractivity contribution in [2.45, 2.75) is 278 Å². The van der Waals surface area contributed by atoms with Crippen molar-refractivity contribution < 1.29 is 4.48 Å². The smallest absolute Gasteiger partial charge is 0.0786 e. The third kappa shape index (κ3) is 35.8. The zero-order valence-electron chi connectivity index (χ0n) is 34.9. The summed E-state index contributed by atoms with van der Waals surface area (Å²) in [6, 6.07) is 0. The van der Waals surface area contributed by atoms with Gasteiger partial charge in [0.2, 0.25) is 0 Å². The van der Waals surface area contributed by atoms with Gasteiger partial charge in [-0.15, -0.1) is 0 Å². The Labute approximate surface area is 307 Å². The van der Waals surface area contributed by atoms with Gasteiger partial charge in [-0.25, -0.2) is 0 Å². The molecule has 0 fully saturated rings. The van der Waals surface area contributed by atoms with Gasteiger partial charge in [0.1, 0.15) is 0 Å². The van der Waals surface area contributed by atoms with E-state index in [1.165, 1.54) is 281 Å². The third-order valence-electron chi connectivity index (χ3n) is 11.7. The SMILES string of the molecule is CCCCCCCCCCCCC[N+](CCCCCCCC)(CCCCCCCCCCCCC)CCCCCCCCCCCCC. The lowest BCUT2D eigenvalue weighted by Gasteiger charge is -2.40. The normalized spacial score (nSPS) is 12.0. The quantitative estimate of drug-likeness (QED) is 0.0445. The topological polar surface area (TPSA) is 0 Å². The van der Waals surface area contributed by atoms with E-state index in [1.807, 2.05) is 0 Å². The first-order valence-corrected chi connectivity index (χ1v) is 23.6. The first-order chi connectivity index (χ1) is 23.7. The number of rotatable bonds is 43. The summed E-state index contributed by atoms with van der Waals surface area (Å²) >= 11 is 0. The standard InChI is InChI=1S/C47H98N/c1-5-9-13-17-21-24-27-30-33-37-41-45-48(44-40-36-20-16-12-8-4,46-42-38-34-31-28-25-22-18-14-10-6-2)47-43-39-35-32-29-26-23-19-15-11-7-3/h5-47H2,1-4H3/q+1. The van der Waals surface area contributed by atoms with Crippen LogP contribution in [0, 0.1) is 0 Å². The summed E-state index contributed by atoms with van der Waals surface area (Å²) in [5.41, 5.74) is 0. The Morgan fingerprint density at radius 2 is 0.292 bits per heavy atom. The van der Waals surface area contributed by atoms with Crippen molar-refractivity contribution in [2.75, 3.05) is 26.2 Å². The number of unbranched alkanes of at least 4 members (excludes halogenated alkanes) is 35.